The van der Waals surface area contributed by atoms with Crippen molar-refractivity contribution in [2.45, 2.75) is 20.0 Å². The van der Waals surface area contributed by atoms with Crippen LogP contribution in [0.3, 0.4) is 0 Å². The first-order chi connectivity index (χ1) is 9.79. The Kier molecular flexibility index (Phi) is 3.50. The molecule has 0 radical (unpaired) electrons. The molecule has 2 N–H and O–H groups in total. The van der Waals surface area contributed by atoms with Gasteiger partial charge in [-0.15, -0.1) is 0 Å². The third-order valence-corrected chi connectivity index (χ3v) is 3.08. The molecule has 102 valence electrons. The van der Waals surface area contributed by atoms with Crippen LogP contribution in [0.1, 0.15) is 17.0 Å². The molecule has 1 aromatic carbocycles. The maximum Gasteiger partial charge on any atom is 0.125 e. The minimum atomic E-state index is 0.699. The maximum absolute atomic E-state index is 4.29. The number of benzene rings is 1. The second kappa shape index (κ2) is 5.61. The van der Waals surface area contributed by atoms with Crippen LogP contribution in [0.25, 0.3) is 0 Å². The molecule has 0 aliphatic rings. The topological polar surface area (TPSA) is 58.5 Å². The van der Waals surface area contributed by atoms with E-state index < -0.39 is 0 Å². The number of hydrogen-bond acceptors (Lipinski definition) is 3. The smallest absolute Gasteiger partial charge is 0.125 e. The fraction of sp³-hybridized carbons (Fsp3) is 0.200. The first kappa shape index (κ1) is 12.5. The molecule has 2 heterocycles. The summed E-state index contributed by atoms with van der Waals surface area (Å²) in [6.45, 7) is 3.54. The van der Waals surface area contributed by atoms with Crippen molar-refractivity contribution in [3.8, 4) is 0 Å². The third-order valence-electron chi connectivity index (χ3n) is 3.08. The van der Waals surface area contributed by atoms with Crippen molar-refractivity contribution < 1.29 is 0 Å². The van der Waals surface area contributed by atoms with Gasteiger partial charge in [-0.25, -0.2) is 4.98 Å². The molecule has 0 atom stereocenters. The average Bonchev–Trinajstić information content (AvgIpc) is 3.10. The molecule has 3 rings (SSSR count). The molecule has 0 saturated heterocycles. The molecule has 0 spiro atoms. The molecule has 0 bridgehead atoms. The first-order valence-electron chi connectivity index (χ1n) is 6.60. The van der Waals surface area contributed by atoms with Crippen LogP contribution in [0.2, 0.25) is 0 Å². The normalized spacial score (nSPS) is 10.7. The Bertz CT molecular complexity index is 652. The monoisotopic (exact) mass is 267 g/mol. The number of anilines is 1. The minimum Gasteiger partial charge on any atom is -0.378 e. The number of aryl methyl sites for hydroxylation is 1. The van der Waals surface area contributed by atoms with E-state index in [4.69, 9.17) is 0 Å². The molecule has 20 heavy (non-hydrogen) atoms. The highest BCUT2D eigenvalue weighted by molar-refractivity contribution is 5.44. The first-order valence-corrected chi connectivity index (χ1v) is 6.60. The molecule has 5 nitrogen and oxygen atoms in total. The van der Waals surface area contributed by atoms with Gasteiger partial charge in [0, 0.05) is 24.3 Å². The van der Waals surface area contributed by atoms with E-state index in [1.807, 2.05) is 30.2 Å². The standard InChI is InChI=1S/C15H17N5/c1-12-8-19-20(10-12)11-13-2-4-14(5-3-13)18-9-15-16-6-7-17-15/h2-8,10,18H,9,11H2,1H3,(H,16,17). The second-order valence-corrected chi connectivity index (χ2v) is 4.80. The highest BCUT2D eigenvalue weighted by Crippen LogP contribution is 2.11. The van der Waals surface area contributed by atoms with E-state index in [1.165, 1.54) is 11.1 Å². The SMILES string of the molecule is Cc1cnn(Cc2ccc(NCc3ncc[nH]3)cc2)c1. The Balaban J connectivity index is 1.59. The summed E-state index contributed by atoms with van der Waals surface area (Å²) in [5, 5.41) is 7.62. The molecular weight excluding hydrogens is 250 g/mol. The number of hydrogen-bond donors (Lipinski definition) is 2. The van der Waals surface area contributed by atoms with Crippen molar-refractivity contribution in [3.05, 3.63) is 66.0 Å². The van der Waals surface area contributed by atoms with Gasteiger partial charge in [-0.3, -0.25) is 4.68 Å². The predicted molar refractivity (Wildman–Crippen MR) is 78.4 cm³/mol. The zero-order valence-electron chi connectivity index (χ0n) is 11.4. The van der Waals surface area contributed by atoms with E-state index in [1.54, 1.807) is 6.20 Å². The van der Waals surface area contributed by atoms with E-state index in [0.717, 1.165) is 18.1 Å². The van der Waals surface area contributed by atoms with Crippen molar-refractivity contribution in [2.24, 2.45) is 0 Å². The van der Waals surface area contributed by atoms with Crippen molar-refractivity contribution in [2.75, 3.05) is 5.32 Å². The molecule has 0 aliphatic heterocycles. The van der Waals surface area contributed by atoms with E-state index in [9.17, 15) is 0 Å². The zero-order chi connectivity index (χ0) is 13.8. The average molecular weight is 267 g/mol. The van der Waals surface area contributed by atoms with Gasteiger partial charge in [0.15, 0.2) is 0 Å². The van der Waals surface area contributed by atoms with Gasteiger partial charge in [0.2, 0.25) is 0 Å². The summed E-state index contributed by atoms with van der Waals surface area (Å²) < 4.78 is 1.95. The number of nitrogens with zero attached hydrogens (tertiary/aromatic N) is 3. The zero-order valence-corrected chi connectivity index (χ0v) is 11.4. The molecule has 0 unspecified atom stereocenters. The van der Waals surface area contributed by atoms with Crippen molar-refractivity contribution in [3.63, 3.8) is 0 Å². The number of aromatic amines is 1. The Hall–Kier alpha value is -2.56. The highest BCUT2D eigenvalue weighted by Gasteiger charge is 1.99. The third kappa shape index (κ3) is 3.06. The van der Waals surface area contributed by atoms with Crippen LogP contribution in [0.5, 0.6) is 0 Å². The summed E-state index contributed by atoms with van der Waals surface area (Å²) >= 11 is 0. The van der Waals surface area contributed by atoms with Gasteiger partial charge in [0.25, 0.3) is 0 Å². The van der Waals surface area contributed by atoms with Crippen LogP contribution in [0.4, 0.5) is 5.69 Å². The number of H-pyrrole nitrogens is 1. The van der Waals surface area contributed by atoms with E-state index in [-0.39, 0.29) is 0 Å². The van der Waals surface area contributed by atoms with E-state index in [0.29, 0.717) is 6.54 Å². The summed E-state index contributed by atoms with van der Waals surface area (Å²) in [5.41, 5.74) is 3.50. The Labute approximate surface area is 117 Å². The van der Waals surface area contributed by atoms with E-state index in [2.05, 4.69) is 44.6 Å². The van der Waals surface area contributed by atoms with Gasteiger partial charge in [0.1, 0.15) is 5.82 Å². The predicted octanol–water partition coefficient (Wildman–Crippen LogP) is 2.58. The molecule has 0 fully saturated rings. The fourth-order valence-corrected chi connectivity index (χ4v) is 2.05. The molecule has 0 saturated carbocycles. The van der Waals surface area contributed by atoms with E-state index >= 15 is 0 Å². The minimum absolute atomic E-state index is 0.699. The Morgan fingerprint density at radius 2 is 2.10 bits per heavy atom. The van der Waals surface area contributed by atoms with Crippen LogP contribution in [0, 0.1) is 6.92 Å². The van der Waals surface area contributed by atoms with Gasteiger partial charge in [-0.05, 0) is 30.2 Å². The lowest BCUT2D eigenvalue weighted by Crippen LogP contribution is -2.02. The number of nitrogens with one attached hydrogen (secondary N) is 2. The van der Waals surface area contributed by atoms with Crippen LogP contribution in [-0.2, 0) is 13.1 Å². The molecule has 2 aromatic heterocycles. The van der Waals surface area contributed by atoms with Gasteiger partial charge in [0.05, 0.1) is 19.3 Å². The second-order valence-electron chi connectivity index (χ2n) is 4.80. The quantitative estimate of drug-likeness (QED) is 0.747. The summed E-state index contributed by atoms with van der Waals surface area (Å²) in [5.74, 6) is 0.932. The summed E-state index contributed by atoms with van der Waals surface area (Å²) in [4.78, 5) is 7.25. The van der Waals surface area contributed by atoms with Gasteiger partial charge < -0.3 is 10.3 Å². The lowest BCUT2D eigenvalue weighted by molar-refractivity contribution is 0.686. The lowest BCUT2D eigenvalue weighted by Gasteiger charge is -2.06. The Morgan fingerprint density at radius 1 is 1.25 bits per heavy atom. The van der Waals surface area contributed by atoms with Crippen LogP contribution < -0.4 is 5.32 Å². The molecule has 0 aliphatic carbocycles. The maximum atomic E-state index is 4.29. The van der Waals surface area contributed by atoms with Crippen LogP contribution in [-0.4, -0.2) is 19.7 Å². The van der Waals surface area contributed by atoms with Crippen LogP contribution >= 0.6 is 0 Å². The fourth-order valence-electron chi connectivity index (χ4n) is 2.05. The van der Waals surface area contributed by atoms with Gasteiger partial charge in [-0.2, -0.15) is 5.10 Å². The Morgan fingerprint density at radius 3 is 2.75 bits per heavy atom. The van der Waals surface area contributed by atoms with Gasteiger partial charge >= 0.3 is 0 Å². The number of aromatic nitrogens is 4. The number of rotatable bonds is 5. The van der Waals surface area contributed by atoms with Crippen molar-refractivity contribution in [1.82, 2.24) is 19.7 Å². The van der Waals surface area contributed by atoms with Gasteiger partial charge in [-0.1, -0.05) is 12.1 Å². The van der Waals surface area contributed by atoms with Crippen molar-refractivity contribution >= 4 is 5.69 Å². The highest BCUT2D eigenvalue weighted by atomic mass is 15.3. The summed E-state index contributed by atoms with van der Waals surface area (Å²) in [7, 11) is 0. The van der Waals surface area contributed by atoms with Crippen LogP contribution in [0.15, 0.2) is 49.1 Å². The summed E-state index contributed by atoms with van der Waals surface area (Å²) in [6.07, 6.45) is 7.50. The molecule has 0 amide bonds. The summed E-state index contributed by atoms with van der Waals surface area (Å²) in [6, 6.07) is 8.38. The molecule has 5 heteroatoms. The van der Waals surface area contributed by atoms with Crippen molar-refractivity contribution in [1.29, 1.82) is 0 Å². The lowest BCUT2D eigenvalue weighted by atomic mass is 10.2. The molecular formula is C15H17N5. The largest absolute Gasteiger partial charge is 0.378 e. The number of imidazole rings is 1. The molecule has 3 aromatic rings.